The first-order chi connectivity index (χ1) is 9.16. The minimum Gasteiger partial charge on any atom is -0.508 e. The van der Waals surface area contributed by atoms with E-state index in [9.17, 15) is 14.7 Å². The Morgan fingerprint density at radius 3 is 2.42 bits per heavy atom. The summed E-state index contributed by atoms with van der Waals surface area (Å²) < 4.78 is 0. The molecular weight excluding hydrogens is 244 g/mol. The molecule has 1 aromatic carbocycles. The van der Waals surface area contributed by atoms with Gasteiger partial charge in [-0.15, -0.1) is 0 Å². The summed E-state index contributed by atoms with van der Waals surface area (Å²) in [7, 11) is 0. The van der Waals surface area contributed by atoms with Gasteiger partial charge < -0.3 is 15.3 Å². The molecule has 1 saturated heterocycles. The fraction of sp³-hybridized carbons (Fsp3) is 0.429. The number of benzene rings is 1. The smallest absolute Gasteiger partial charge is 0.313 e. The summed E-state index contributed by atoms with van der Waals surface area (Å²) >= 11 is 0. The van der Waals surface area contributed by atoms with Gasteiger partial charge in [-0.05, 0) is 25.0 Å². The van der Waals surface area contributed by atoms with Gasteiger partial charge in [-0.2, -0.15) is 0 Å². The highest BCUT2D eigenvalue weighted by Gasteiger charge is 2.22. The summed E-state index contributed by atoms with van der Waals surface area (Å²) in [6, 6.07) is 6.16. The van der Waals surface area contributed by atoms with Crippen LogP contribution in [0.4, 0.5) is 5.69 Å². The van der Waals surface area contributed by atoms with Gasteiger partial charge in [-0.3, -0.25) is 9.59 Å². The van der Waals surface area contributed by atoms with E-state index in [4.69, 9.17) is 0 Å². The molecule has 2 amide bonds. The highest BCUT2D eigenvalue weighted by molar-refractivity contribution is 6.39. The van der Waals surface area contributed by atoms with Crippen molar-refractivity contribution in [2.24, 2.45) is 0 Å². The number of likely N-dealkylation sites (tertiary alicyclic amines) is 1. The van der Waals surface area contributed by atoms with E-state index < -0.39 is 11.8 Å². The summed E-state index contributed by atoms with van der Waals surface area (Å²) in [5.41, 5.74) is 0.424. The van der Waals surface area contributed by atoms with Crippen LogP contribution in [0.1, 0.15) is 25.7 Å². The number of carbonyl (C=O) groups is 2. The first-order valence-electron chi connectivity index (χ1n) is 6.56. The van der Waals surface area contributed by atoms with Crippen LogP contribution < -0.4 is 5.32 Å². The lowest BCUT2D eigenvalue weighted by Crippen LogP contribution is -2.40. The molecule has 0 aliphatic carbocycles. The molecule has 0 aromatic heterocycles. The molecule has 102 valence electrons. The van der Waals surface area contributed by atoms with Gasteiger partial charge in [0.05, 0.1) is 0 Å². The Morgan fingerprint density at radius 1 is 1.11 bits per heavy atom. The third kappa shape index (κ3) is 3.71. The molecule has 1 heterocycles. The highest BCUT2D eigenvalue weighted by atomic mass is 16.3. The Morgan fingerprint density at radius 2 is 1.79 bits per heavy atom. The topological polar surface area (TPSA) is 69.6 Å². The molecule has 0 radical (unpaired) electrons. The second kappa shape index (κ2) is 6.22. The van der Waals surface area contributed by atoms with Crippen LogP contribution in [0, 0.1) is 0 Å². The predicted octanol–water partition coefficient (Wildman–Crippen LogP) is 1.73. The molecule has 19 heavy (non-hydrogen) atoms. The number of anilines is 1. The van der Waals surface area contributed by atoms with Gasteiger partial charge in [0.1, 0.15) is 5.75 Å². The lowest BCUT2D eigenvalue weighted by atomic mass is 10.2. The first kappa shape index (κ1) is 13.4. The maximum atomic E-state index is 12.0. The second-order valence-corrected chi connectivity index (χ2v) is 4.71. The highest BCUT2D eigenvalue weighted by Crippen LogP contribution is 2.16. The van der Waals surface area contributed by atoms with Crippen molar-refractivity contribution in [2.75, 3.05) is 18.4 Å². The van der Waals surface area contributed by atoms with E-state index in [1.54, 1.807) is 17.0 Å². The van der Waals surface area contributed by atoms with Crippen molar-refractivity contribution >= 4 is 17.5 Å². The van der Waals surface area contributed by atoms with Crippen molar-refractivity contribution in [2.45, 2.75) is 25.7 Å². The van der Waals surface area contributed by atoms with Gasteiger partial charge >= 0.3 is 11.8 Å². The van der Waals surface area contributed by atoms with E-state index in [2.05, 4.69) is 5.32 Å². The van der Waals surface area contributed by atoms with Gasteiger partial charge in [0.2, 0.25) is 0 Å². The van der Waals surface area contributed by atoms with Crippen molar-refractivity contribution < 1.29 is 14.7 Å². The molecule has 2 rings (SSSR count). The van der Waals surface area contributed by atoms with Gasteiger partial charge in [0, 0.05) is 24.8 Å². The SMILES string of the molecule is O=C(Nc1cccc(O)c1)C(=O)N1CCCCCC1. The molecule has 5 heteroatoms. The molecule has 1 aromatic rings. The van der Waals surface area contributed by atoms with Crippen LogP contribution in [-0.2, 0) is 9.59 Å². The standard InChI is InChI=1S/C14H18N2O3/c17-12-7-5-6-11(10-12)15-13(18)14(19)16-8-3-1-2-4-9-16/h5-7,10,17H,1-4,8-9H2,(H,15,18). The minimum absolute atomic E-state index is 0.0556. The quantitative estimate of drug-likeness (QED) is 0.757. The van der Waals surface area contributed by atoms with Crippen LogP contribution in [0.2, 0.25) is 0 Å². The molecule has 0 atom stereocenters. The van der Waals surface area contributed by atoms with Crippen LogP contribution in [0.25, 0.3) is 0 Å². The zero-order valence-corrected chi connectivity index (χ0v) is 10.8. The summed E-state index contributed by atoms with van der Waals surface area (Å²) in [5, 5.41) is 11.8. The van der Waals surface area contributed by atoms with E-state index >= 15 is 0 Å². The van der Waals surface area contributed by atoms with Crippen LogP contribution in [0.3, 0.4) is 0 Å². The molecule has 1 aliphatic rings. The average Bonchev–Trinajstić information content (AvgIpc) is 2.66. The summed E-state index contributed by atoms with van der Waals surface area (Å²) in [4.78, 5) is 25.4. The van der Waals surface area contributed by atoms with Gasteiger partial charge in [-0.1, -0.05) is 18.9 Å². The number of nitrogens with zero attached hydrogens (tertiary/aromatic N) is 1. The van der Waals surface area contributed by atoms with Crippen LogP contribution in [0.15, 0.2) is 24.3 Å². The van der Waals surface area contributed by atoms with E-state index in [0.29, 0.717) is 18.8 Å². The van der Waals surface area contributed by atoms with Crippen molar-refractivity contribution in [3.05, 3.63) is 24.3 Å². The molecule has 0 spiro atoms. The largest absolute Gasteiger partial charge is 0.508 e. The van der Waals surface area contributed by atoms with E-state index in [1.165, 1.54) is 12.1 Å². The fourth-order valence-corrected chi connectivity index (χ4v) is 2.19. The van der Waals surface area contributed by atoms with Gasteiger partial charge in [0.25, 0.3) is 0 Å². The molecular formula is C14H18N2O3. The van der Waals surface area contributed by atoms with E-state index in [0.717, 1.165) is 25.7 Å². The molecule has 0 bridgehead atoms. The third-order valence-corrected chi connectivity index (χ3v) is 3.19. The monoisotopic (exact) mass is 262 g/mol. The molecule has 1 aliphatic heterocycles. The van der Waals surface area contributed by atoms with E-state index in [1.807, 2.05) is 0 Å². The summed E-state index contributed by atoms with van der Waals surface area (Å²) in [6.45, 7) is 1.29. The number of aromatic hydroxyl groups is 1. The Kier molecular flexibility index (Phi) is 4.39. The van der Waals surface area contributed by atoms with E-state index in [-0.39, 0.29) is 5.75 Å². The zero-order chi connectivity index (χ0) is 13.7. The number of hydrogen-bond donors (Lipinski definition) is 2. The Labute approximate surface area is 112 Å². The number of rotatable bonds is 1. The van der Waals surface area contributed by atoms with Crippen LogP contribution in [0.5, 0.6) is 5.75 Å². The summed E-state index contributed by atoms with van der Waals surface area (Å²) in [5.74, 6) is -1.09. The number of phenolic OH excluding ortho intramolecular Hbond substituents is 1. The number of hydrogen-bond acceptors (Lipinski definition) is 3. The lowest BCUT2D eigenvalue weighted by molar-refractivity contribution is -0.143. The minimum atomic E-state index is -0.646. The number of nitrogens with one attached hydrogen (secondary N) is 1. The number of phenols is 1. The maximum absolute atomic E-state index is 12.0. The van der Waals surface area contributed by atoms with Gasteiger partial charge in [-0.25, -0.2) is 0 Å². The molecule has 0 unspecified atom stereocenters. The van der Waals surface area contributed by atoms with Crippen LogP contribution in [-0.4, -0.2) is 34.9 Å². The number of carbonyl (C=O) groups excluding carboxylic acids is 2. The second-order valence-electron chi connectivity index (χ2n) is 4.71. The molecule has 1 fully saturated rings. The molecule has 5 nitrogen and oxygen atoms in total. The normalized spacial score (nSPS) is 15.7. The van der Waals surface area contributed by atoms with Crippen molar-refractivity contribution in [3.8, 4) is 5.75 Å². The van der Waals surface area contributed by atoms with Crippen LogP contribution >= 0.6 is 0 Å². The molecule has 2 N–H and O–H groups in total. The van der Waals surface area contributed by atoms with Crippen molar-refractivity contribution in [3.63, 3.8) is 0 Å². The predicted molar refractivity (Wildman–Crippen MR) is 71.8 cm³/mol. The molecule has 0 saturated carbocycles. The number of amides is 2. The first-order valence-corrected chi connectivity index (χ1v) is 6.56. The maximum Gasteiger partial charge on any atom is 0.313 e. The average molecular weight is 262 g/mol. The van der Waals surface area contributed by atoms with Crippen molar-refractivity contribution in [1.82, 2.24) is 4.90 Å². The Hall–Kier alpha value is -2.04. The van der Waals surface area contributed by atoms with Crippen molar-refractivity contribution in [1.29, 1.82) is 0 Å². The fourth-order valence-electron chi connectivity index (χ4n) is 2.19. The Balaban J connectivity index is 1.97. The van der Waals surface area contributed by atoms with Gasteiger partial charge in [0.15, 0.2) is 0 Å². The Bertz CT molecular complexity index is 466. The lowest BCUT2D eigenvalue weighted by Gasteiger charge is -2.19. The zero-order valence-electron chi connectivity index (χ0n) is 10.8. The third-order valence-electron chi connectivity index (χ3n) is 3.19. The summed E-state index contributed by atoms with van der Waals surface area (Å²) in [6.07, 6.45) is 4.12.